The minimum Gasteiger partial charge on any atom is -0.480 e. The quantitative estimate of drug-likeness (QED) is 0.0232. The van der Waals surface area contributed by atoms with Crippen LogP contribution in [-0.4, -0.2) is 155 Å². The fraction of sp³-hybridized carbons (Fsp3) is 0.531. The number of aromatic amines is 1. The number of aliphatic carboxylic acids is 1. The molecular weight excluding hydrogens is 973 g/mol. The number of carboxylic acids is 1. The maximum atomic E-state index is 14.6. The molecule has 2 heterocycles. The van der Waals surface area contributed by atoms with Crippen molar-refractivity contribution >= 4 is 64.2 Å². The first-order valence-electron chi connectivity index (χ1n) is 25.2. The highest BCUT2D eigenvalue weighted by Gasteiger charge is 2.35. The number of aliphatic hydroxyl groups is 2. The van der Waals surface area contributed by atoms with Gasteiger partial charge < -0.3 is 80.0 Å². The third kappa shape index (κ3) is 21.2. The lowest BCUT2D eigenvalue weighted by Gasteiger charge is -2.32. The Morgan fingerprint density at radius 2 is 1.44 bits per heavy atom. The number of H-pyrrole nitrogens is 1. The van der Waals surface area contributed by atoms with Crippen LogP contribution in [0.2, 0.25) is 0 Å². The summed E-state index contributed by atoms with van der Waals surface area (Å²) < 4.78 is 0. The zero-order chi connectivity index (χ0) is 54.9. The Morgan fingerprint density at radius 1 is 0.787 bits per heavy atom. The predicted molar refractivity (Wildman–Crippen MR) is 279 cm³/mol. The highest BCUT2D eigenvalue weighted by Crippen LogP contribution is 2.20. The molecule has 0 aliphatic carbocycles. The first-order valence-corrected chi connectivity index (χ1v) is 25.2. The Labute approximate surface area is 435 Å². The van der Waals surface area contributed by atoms with Crippen molar-refractivity contribution in [2.24, 2.45) is 17.2 Å². The number of carbonyl (C=O) groups is 7. The first-order chi connectivity index (χ1) is 35.8. The summed E-state index contributed by atoms with van der Waals surface area (Å²) in [6.45, 7) is 1.73. The Balaban J connectivity index is 1.76. The fourth-order valence-electron chi connectivity index (χ4n) is 8.56. The van der Waals surface area contributed by atoms with E-state index >= 15 is 0 Å². The van der Waals surface area contributed by atoms with Gasteiger partial charge in [-0.3, -0.25) is 50.2 Å². The van der Waals surface area contributed by atoms with Crippen LogP contribution in [0.4, 0.5) is 0 Å². The van der Waals surface area contributed by atoms with Gasteiger partial charge in [-0.1, -0.05) is 48.5 Å². The molecule has 0 bridgehead atoms. The van der Waals surface area contributed by atoms with Gasteiger partial charge in [0.15, 0.2) is 11.9 Å². The molecule has 0 radical (unpaired) electrons. The topological polar surface area (TPSA) is 442 Å². The number of carbonyl (C=O) groups excluding carboxylic acids is 6. The number of para-hydroxylation sites is 1. The number of rotatable bonds is 20. The highest BCUT2D eigenvalue weighted by molar-refractivity contribution is 5.95. The Bertz CT molecular complexity index is 2370. The summed E-state index contributed by atoms with van der Waals surface area (Å²) in [7, 11) is 0. The molecule has 26 nitrogen and oxygen atoms in total. The number of nitrogens with two attached hydrogens (primary N) is 3. The van der Waals surface area contributed by atoms with Gasteiger partial charge in [0, 0.05) is 50.1 Å². The first kappa shape index (κ1) is 60.2. The maximum Gasteiger partial charge on any atom is 0.326 e. The normalized spacial score (nSPS) is 22.7. The predicted octanol–water partition coefficient (Wildman–Crippen LogP) is -3.01. The third-order valence-electron chi connectivity index (χ3n) is 12.5. The molecule has 3 aromatic rings. The van der Waals surface area contributed by atoms with Gasteiger partial charge in [0.25, 0.3) is 0 Å². The van der Waals surface area contributed by atoms with E-state index in [4.69, 9.17) is 28.0 Å². The molecule has 26 heteroatoms. The van der Waals surface area contributed by atoms with Crippen molar-refractivity contribution in [2.75, 3.05) is 26.2 Å². The van der Waals surface area contributed by atoms with E-state index < -0.39 is 103 Å². The molecule has 4 rings (SSSR count). The molecule has 22 N–H and O–H groups in total. The molecule has 412 valence electrons. The van der Waals surface area contributed by atoms with Crippen LogP contribution < -0.4 is 70.4 Å². The Hall–Kier alpha value is -7.39. The number of hydrogen-bond acceptors (Lipinski definition) is 14. The van der Waals surface area contributed by atoms with E-state index in [1.807, 2.05) is 18.2 Å². The van der Waals surface area contributed by atoms with Gasteiger partial charge in [0.2, 0.25) is 35.4 Å². The number of amides is 6. The minimum absolute atomic E-state index is 0.0157. The fourth-order valence-corrected chi connectivity index (χ4v) is 8.56. The second kappa shape index (κ2) is 31.4. The van der Waals surface area contributed by atoms with Gasteiger partial charge in [-0.2, -0.15) is 0 Å². The monoisotopic (exact) mass is 1050 g/mol. The Morgan fingerprint density at radius 3 is 2.12 bits per heavy atom. The molecule has 0 spiro atoms. The summed E-state index contributed by atoms with van der Waals surface area (Å²) in [5.74, 6) is -6.36. The maximum absolute atomic E-state index is 14.6. The van der Waals surface area contributed by atoms with Gasteiger partial charge in [-0.15, -0.1) is 0 Å². The molecule has 1 aliphatic rings. The lowest BCUT2D eigenvalue weighted by molar-refractivity contribution is -0.142. The number of aliphatic hydroxyl groups excluding tert-OH is 2. The number of hydrogen-bond donors (Lipinski definition) is 19. The third-order valence-corrected chi connectivity index (χ3v) is 12.5. The number of benzene rings is 2. The van der Waals surface area contributed by atoms with Crippen molar-refractivity contribution in [3.63, 3.8) is 0 Å². The second-order valence-corrected chi connectivity index (χ2v) is 18.5. The van der Waals surface area contributed by atoms with Crippen LogP contribution in [0.15, 0.2) is 60.8 Å². The van der Waals surface area contributed by atoms with Crippen molar-refractivity contribution in [3.05, 3.63) is 71.9 Å². The van der Waals surface area contributed by atoms with Crippen LogP contribution in [-0.2, 0) is 46.4 Å². The van der Waals surface area contributed by atoms with Crippen molar-refractivity contribution < 1.29 is 48.9 Å². The van der Waals surface area contributed by atoms with Crippen molar-refractivity contribution in [1.82, 2.24) is 58.2 Å². The van der Waals surface area contributed by atoms with E-state index in [-0.39, 0.29) is 102 Å². The molecule has 9 atom stereocenters. The van der Waals surface area contributed by atoms with E-state index in [1.165, 1.54) is 6.92 Å². The zero-order valence-electron chi connectivity index (χ0n) is 42.2. The van der Waals surface area contributed by atoms with Crippen LogP contribution in [0.3, 0.4) is 0 Å². The summed E-state index contributed by atoms with van der Waals surface area (Å²) in [6, 6.07) is 6.93. The highest BCUT2D eigenvalue weighted by atomic mass is 16.4. The number of guanidine groups is 2. The van der Waals surface area contributed by atoms with Gasteiger partial charge in [0.05, 0.1) is 30.6 Å². The molecule has 1 aliphatic heterocycles. The van der Waals surface area contributed by atoms with E-state index in [1.54, 1.807) is 42.6 Å². The van der Waals surface area contributed by atoms with Crippen molar-refractivity contribution in [3.8, 4) is 0 Å². The average molecular weight is 1050 g/mol. The standard InChI is InChI=1S/C49H76N16O10/c1-28(66)59-33(18-10-22-56-48(51)52)41(68)65-39-26-40(67)55-21-8-7-16-36(47(74)75)62-45(72)38(25-30-27-58-32-15-6-5-14-31(30)32)64-43(70)35(19-11-23-57-49(53)54)61-44(71)37(24-29-12-3-2-4-13-29)63-42(69)34(17-9-20-50)60-46(39)73/h2-6,12-15,27,33-39,41-42,58,63,65,68-69H,7-11,16-26,50H2,1H3,(H,55,67)(H,59,66)(H,60,73)(H,61,71)(H,62,72)(H,64,70)(H,74,75)(H4,51,52,56)(H4,53,54,57)/t33-,34-,35-,36-,37+,38-,39-,41?,42?/m0/s1. The SMILES string of the molecule is CC(=O)N[C@@H](CCCNC(=N)N)C(O)N[C@H]1CC(=O)NCCCC[C@@H](C(=O)O)NC(=O)[C@H](Cc2c[nH]c3ccccc23)NC(=O)[C@H](CCCNC(=N)N)NC(=O)[C@@H](Cc2ccccc2)NC(O)[C@H](CCCN)NC1=O. The molecular formula is C49H76N16O10. The molecule has 1 fully saturated rings. The number of fused-ring (bicyclic) bond motifs is 1. The average Bonchev–Trinajstić information content (AvgIpc) is 3.77. The van der Waals surface area contributed by atoms with E-state index in [9.17, 15) is 48.9 Å². The minimum atomic E-state index is -1.68. The number of nitrogens with one attached hydrogen (secondary N) is 13. The smallest absolute Gasteiger partial charge is 0.326 e. The zero-order valence-corrected chi connectivity index (χ0v) is 42.2. The van der Waals surface area contributed by atoms with Gasteiger partial charge >= 0.3 is 5.97 Å². The lowest BCUT2D eigenvalue weighted by atomic mass is 10.0. The summed E-state index contributed by atoms with van der Waals surface area (Å²) in [5.41, 5.74) is 18.8. The second-order valence-electron chi connectivity index (χ2n) is 18.5. The molecule has 6 amide bonds. The van der Waals surface area contributed by atoms with Crippen LogP contribution in [0.25, 0.3) is 10.9 Å². The van der Waals surface area contributed by atoms with E-state index in [0.29, 0.717) is 17.5 Å². The molecule has 2 aromatic carbocycles. The van der Waals surface area contributed by atoms with Crippen LogP contribution in [0.5, 0.6) is 0 Å². The van der Waals surface area contributed by atoms with Gasteiger partial charge in [0.1, 0.15) is 30.6 Å². The molecule has 1 aromatic heterocycles. The van der Waals surface area contributed by atoms with Crippen LogP contribution in [0.1, 0.15) is 82.3 Å². The summed E-state index contributed by atoms with van der Waals surface area (Å²) in [6.07, 6.45) is -1.05. The molecule has 0 saturated carbocycles. The van der Waals surface area contributed by atoms with E-state index in [0.717, 1.165) is 10.9 Å². The number of carboxylic acid groups (broad SMARTS) is 1. The van der Waals surface area contributed by atoms with Crippen molar-refractivity contribution in [2.45, 2.75) is 139 Å². The lowest BCUT2D eigenvalue weighted by Crippen LogP contribution is -2.62. The largest absolute Gasteiger partial charge is 0.480 e. The number of aromatic nitrogens is 1. The van der Waals surface area contributed by atoms with Gasteiger partial charge in [-0.25, -0.2) is 4.79 Å². The van der Waals surface area contributed by atoms with Gasteiger partial charge in [-0.05, 0) is 87.9 Å². The van der Waals surface area contributed by atoms with Crippen molar-refractivity contribution in [1.29, 1.82) is 10.8 Å². The molecule has 2 unspecified atom stereocenters. The van der Waals surface area contributed by atoms with Crippen LogP contribution >= 0.6 is 0 Å². The molecule has 75 heavy (non-hydrogen) atoms. The van der Waals surface area contributed by atoms with E-state index in [2.05, 4.69) is 58.2 Å². The summed E-state index contributed by atoms with van der Waals surface area (Å²) in [5, 5.41) is 76.7. The van der Waals surface area contributed by atoms with Crippen LogP contribution in [0, 0.1) is 10.8 Å². The Kier molecular flexibility index (Phi) is 25.2. The molecule has 1 saturated heterocycles. The summed E-state index contributed by atoms with van der Waals surface area (Å²) >= 11 is 0. The summed E-state index contributed by atoms with van der Waals surface area (Å²) in [4.78, 5) is 99.4.